The Morgan fingerprint density at radius 2 is 1.84 bits per heavy atom. The second kappa shape index (κ2) is 10.9. The van der Waals surface area contributed by atoms with Gasteiger partial charge in [-0.05, 0) is 12.1 Å². The highest BCUT2D eigenvalue weighted by Crippen LogP contribution is 2.37. The van der Waals surface area contributed by atoms with E-state index in [1.807, 2.05) is 0 Å². The molecule has 0 spiro atoms. The largest absolute Gasteiger partial charge is 0.496 e. The van der Waals surface area contributed by atoms with Crippen LogP contribution in [0.1, 0.15) is 5.56 Å². The molecule has 0 unspecified atom stereocenters. The molecular formula is C23H22ClF2N5O6. The van der Waals surface area contributed by atoms with Crippen LogP contribution in [0.2, 0.25) is 5.02 Å². The molecule has 196 valence electrons. The maximum absolute atomic E-state index is 14.4. The fourth-order valence-electron chi connectivity index (χ4n) is 3.60. The predicted molar refractivity (Wildman–Crippen MR) is 130 cm³/mol. The average molecular weight is 538 g/mol. The highest BCUT2D eigenvalue weighted by molar-refractivity contribution is 6.32. The number of anilines is 1. The van der Waals surface area contributed by atoms with Crippen LogP contribution in [-0.4, -0.2) is 59.1 Å². The number of aliphatic hydroxyl groups excluding tert-OH is 1. The summed E-state index contributed by atoms with van der Waals surface area (Å²) in [6.45, 7) is -0.436. The van der Waals surface area contributed by atoms with Crippen molar-refractivity contribution in [3.05, 3.63) is 57.0 Å². The lowest BCUT2D eigenvalue weighted by molar-refractivity contribution is 0.270. The van der Waals surface area contributed by atoms with Gasteiger partial charge in [-0.25, -0.2) is 18.1 Å². The van der Waals surface area contributed by atoms with Crippen LogP contribution in [0.4, 0.5) is 14.7 Å². The van der Waals surface area contributed by atoms with Crippen LogP contribution in [0.5, 0.6) is 23.1 Å². The number of H-pyrrole nitrogens is 1. The number of hydrogen-bond acceptors (Lipinski definition) is 9. The third-order valence-corrected chi connectivity index (χ3v) is 5.61. The van der Waals surface area contributed by atoms with Crippen molar-refractivity contribution in [2.24, 2.45) is 0 Å². The number of fused-ring (bicyclic) bond motifs is 1. The zero-order valence-corrected chi connectivity index (χ0v) is 20.7. The number of aromatic amines is 1. The Bertz CT molecular complexity index is 1510. The normalized spacial score (nSPS) is 11.0. The fourth-order valence-corrected chi connectivity index (χ4v) is 3.83. The van der Waals surface area contributed by atoms with E-state index in [2.05, 4.69) is 20.3 Å². The third-order valence-electron chi connectivity index (χ3n) is 5.31. The van der Waals surface area contributed by atoms with E-state index in [1.165, 1.54) is 44.1 Å². The van der Waals surface area contributed by atoms with Crippen molar-refractivity contribution in [1.82, 2.24) is 19.5 Å². The minimum Gasteiger partial charge on any atom is -0.496 e. The summed E-state index contributed by atoms with van der Waals surface area (Å²) in [7, 11) is 4.07. The van der Waals surface area contributed by atoms with E-state index >= 15 is 0 Å². The zero-order chi connectivity index (χ0) is 26.7. The third kappa shape index (κ3) is 4.95. The van der Waals surface area contributed by atoms with Crippen molar-refractivity contribution < 1.29 is 32.8 Å². The summed E-state index contributed by atoms with van der Waals surface area (Å²) in [5.74, 6) is -1.66. The first-order valence-electron chi connectivity index (χ1n) is 10.8. The van der Waals surface area contributed by atoms with Gasteiger partial charge in [0.25, 0.3) is 0 Å². The summed E-state index contributed by atoms with van der Waals surface area (Å²) < 4.78 is 50.9. The molecule has 37 heavy (non-hydrogen) atoms. The number of nitrogens with zero attached hydrogens (tertiary/aromatic N) is 3. The Hall–Kier alpha value is -4.10. The lowest BCUT2D eigenvalue weighted by Gasteiger charge is -2.16. The number of methoxy groups -OCH3 is 3. The lowest BCUT2D eigenvalue weighted by atomic mass is 10.2. The van der Waals surface area contributed by atoms with Gasteiger partial charge in [-0.15, -0.1) is 0 Å². The minimum absolute atomic E-state index is 0.0773. The maximum atomic E-state index is 14.4. The molecule has 2 aromatic heterocycles. The number of rotatable bonds is 10. The van der Waals surface area contributed by atoms with E-state index < -0.39 is 23.9 Å². The van der Waals surface area contributed by atoms with Gasteiger partial charge < -0.3 is 29.4 Å². The van der Waals surface area contributed by atoms with Crippen LogP contribution >= 0.6 is 11.6 Å². The van der Waals surface area contributed by atoms with Crippen LogP contribution in [0.3, 0.4) is 0 Å². The predicted octanol–water partition coefficient (Wildman–Crippen LogP) is 3.05. The molecule has 0 aliphatic rings. The summed E-state index contributed by atoms with van der Waals surface area (Å²) in [6.07, 6.45) is 0. The lowest BCUT2D eigenvalue weighted by Crippen LogP contribution is -2.16. The molecule has 4 aromatic rings. The second-order valence-corrected chi connectivity index (χ2v) is 7.86. The highest BCUT2D eigenvalue weighted by Gasteiger charge is 2.22. The van der Waals surface area contributed by atoms with Gasteiger partial charge in [0, 0.05) is 18.7 Å². The van der Waals surface area contributed by atoms with Crippen molar-refractivity contribution in [3.63, 3.8) is 0 Å². The quantitative estimate of drug-likeness (QED) is 0.279. The monoisotopic (exact) mass is 537 g/mol. The summed E-state index contributed by atoms with van der Waals surface area (Å²) in [6, 6.07) is 5.03. The minimum atomic E-state index is -1.12. The molecule has 11 nitrogen and oxygen atoms in total. The molecule has 0 saturated heterocycles. The molecule has 0 amide bonds. The van der Waals surface area contributed by atoms with E-state index in [4.69, 9.17) is 35.7 Å². The maximum Gasteiger partial charge on any atom is 0.332 e. The summed E-state index contributed by atoms with van der Waals surface area (Å²) >= 11 is 6.49. The number of aliphatic hydroxyl groups is 1. The summed E-state index contributed by atoms with van der Waals surface area (Å²) in [5, 5.41) is 12.0. The Kier molecular flexibility index (Phi) is 7.64. The molecule has 0 radical (unpaired) electrons. The number of ether oxygens (including phenoxy) is 4. The molecule has 14 heteroatoms. The van der Waals surface area contributed by atoms with Gasteiger partial charge in [0.2, 0.25) is 11.8 Å². The Labute approximate surface area is 213 Å². The first-order chi connectivity index (χ1) is 17.8. The van der Waals surface area contributed by atoms with Gasteiger partial charge in [-0.1, -0.05) is 11.6 Å². The standard InChI is InChI=1S/C23H22ClF2N5O6/c1-34-15-5-4-13(25)18(26)11(15)10-37-17-9-14(12(24)8-16(17)35-2)31-20-19(28-23(31)33)21(36-3)30-22(29-20)27-6-7-32/h4-5,8-9,32H,6-7,10H2,1-3H3,(H,28,33)(H,27,29,30). The van der Waals surface area contributed by atoms with Gasteiger partial charge in [0.15, 0.2) is 28.8 Å². The van der Waals surface area contributed by atoms with Crippen LogP contribution in [0.15, 0.2) is 29.1 Å². The Morgan fingerprint density at radius 1 is 1.08 bits per heavy atom. The van der Waals surface area contributed by atoms with Gasteiger partial charge in [-0.3, -0.25) is 4.98 Å². The zero-order valence-electron chi connectivity index (χ0n) is 19.9. The molecule has 0 atom stereocenters. The van der Waals surface area contributed by atoms with Crippen LogP contribution in [0, 0.1) is 11.6 Å². The van der Waals surface area contributed by atoms with E-state index in [-0.39, 0.29) is 69.7 Å². The van der Waals surface area contributed by atoms with Crippen molar-refractivity contribution in [1.29, 1.82) is 0 Å². The molecule has 0 bridgehead atoms. The first kappa shape index (κ1) is 26.0. The van der Waals surface area contributed by atoms with Gasteiger partial charge in [0.1, 0.15) is 17.9 Å². The number of halogens is 3. The molecule has 0 aliphatic heterocycles. The molecule has 0 saturated carbocycles. The van der Waals surface area contributed by atoms with Crippen molar-refractivity contribution in [2.45, 2.75) is 6.61 Å². The second-order valence-electron chi connectivity index (χ2n) is 7.46. The van der Waals surface area contributed by atoms with Crippen LogP contribution in [-0.2, 0) is 6.61 Å². The molecule has 4 rings (SSSR count). The molecule has 2 aromatic carbocycles. The van der Waals surface area contributed by atoms with Crippen LogP contribution < -0.4 is 30.0 Å². The number of nitrogens with one attached hydrogen (secondary N) is 2. The molecule has 0 fully saturated rings. The topological polar surface area (TPSA) is 133 Å². The number of imidazole rings is 1. The number of aromatic nitrogens is 4. The van der Waals surface area contributed by atoms with Gasteiger partial charge in [0.05, 0.1) is 44.2 Å². The molecule has 0 aliphatic carbocycles. The van der Waals surface area contributed by atoms with E-state index in [1.54, 1.807) is 0 Å². The number of benzene rings is 2. The number of hydrogen-bond donors (Lipinski definition) is 3. The summed E-state index contributed by atoms with van der Waals surface area (Å²) in [4.78, 5) is 24.1. The highest BCUT2D eigenvalue weighted by atomic mass is 35.5. The Balaban J connectivity index is 1.82. The molecular weight excluding hydrogens is 516 g/mol. The van der Waals surface area contributed by atoms with E-state index in [0.29, 0.717) is 0 Å². The van der Waals surface area contributed by atoms with Gasteiger partial charge >= 0.3 is 5.69 Å². The van der Waals surface area contributed by atoms with E-state index in [9.17, 15) is 13.6 Å². The van der Waals surface area contributed by atoms with Crippen molar-refractivity contribution in [3.8, 4) is 28.8 Å². The molecule has 3 N–H and O–H groups in total. The van der Waals surface area contributed by atoms with Crippen LogP contribution in [0.25, 0.3) is 16.9 Å². The Morgan fingerprint density at radius 3 is 2.51 bits per heavy atom. The smallest absolute Gasteiger partial charge is 0.332 e. The van der Waals surface area contributed by atoms with Crippen molar-refractivity contribution in [2.75, 3.05) is 39.8 Å². The van der Waals surface area contributed by atoms with Crippen molar-refractivity contribution >= 4 is 28.7 Å². The average Bonchev–Trinajstić information content (AvgIpc) is 3.23. The SMILES string of the molecule is COc1cc(Cl)c(-n2c(=O)[nH]c3c(OC)nc(NCCO)nc32)cc1OCc1c(OC)ccc(F)c1F. The van der Waals surface area contributed by atoms with E-state index in [0.717, 1.165) is 6.07 Å². The summed E-state index contributed by atoms with van der Waals surface area (Å²) in [5.41, 5.74) is -0.300. The fraction of sp³-hybridized carbons (Fsp3) is 0.261. The first-order valence-corrected chi connectivity index (χ1v) is 11.1. The molecule has 2 heterocycles. The van der Waals surface area contributed by atoms with Gasteiger partial charge in [-0.2, -0.15) is 9.97 Å².